The lowest BCUT2D eigenvalue weighted by Gasteiger charge is -2.14. The highest BCUT2D eigenvalue weighted by atomic mass is 32.2. The number of methoxy groups -OCH3 is 1. The van der Waals surface area contributed by atoms with Gasteiger partial charge in [-0.3, -0.25) is 18.5 Å². The first kappa shape index (κ1) is 22.5. The highest BCUT2D eigenvalue weighted by Crippen LogP contribution is 2.27. The number of fused-ring (bicyclic) bond motifs is 1. The van der Waals surface area contributed by atoms with Crippen molar-refractivity contribution in [3.8, 4) is 11.3 Å². The topological polar surface area (TPSA) is 106 Å². The normalized spacial score (nSPS) is 12.9. The maximum Gasteiger partial charge on any atom is 0.318 e. The van der Waals surface area contributed by atoms with E-state index in [9.17, 15) is 13.8 Å². The Kier molecular flexibility index (Phi) is 6.41. The van der Waals surface area contributed by atoms with E-state index in [-0.39, 0.29) is 17.7 Å². The Morgan fingerprint density at radius 2 is 1.94 bits per heavy atom. The molecular formula is C24H24N4O4S. The number of nitrogens with zero attached hydrogens (tertiary/aromatic N) is 2. The standard InChI is InChI=1S/C24H24N4O4S/c1-15(16-7-9-18(10-8-16)33(31)14-22(29)32-3)26-24(30)21-13-20(27-28(21)2)19-6-4-5-17-11-12-25-23(17)19/h4-13,15,25H,14H2,1-3H3,(H,26,30). The van der Waals surface area contributed by atoms with Crippen molar-refractivity contribution in [2.45, 2.75) is 17.9 Å². The van der Waals surface area contributed by atoms with Crippen LogP contribution in [0.25, 0.3) is 22.2 Å². The summed E-state index contributed by atoms with van der Waals surface area (Å²) < 4.78 is 18.3. The van der Waals surface area contributed by atoms with Crippen LogP contribution < -0.4 is 5.32 Å². The number of esters is 1. The Morgan fingerprint density at radius 3 is 2.67 bits per heavy atom. The molecule has 0 radical (unpaired) electrons. The Morgan fingerprint density at radius 1 is 1.18 bits per heavy atom. The molecule has 2 N–H and O–H groups in total. The second-order valence-corrected chi connectivity index (χ2v) is 9.07. The molecule has 2 heterocycles. The van der Waals surface area contributed by atoms with Crippen molar-refractivity contribution in [2.24, 2.45) is 7.05 Å². The molecule has 4 rings (SSSR count). The van der Waals surface area contributed by atoms with E-state index in [1.807, 2.05) is 37.4 Å². The van der Waals surface area contributed by atoms with Gasteiger partial charge in [0, 0.05) is 29.1 Å². The number of aryl methyl sites for hydroxylation is 1. The third kappa shape index (κ3) is 4.73. The number of para-hydroxylation sites is 1. The molecule has 0 saturated carbocycles. The Labute approximate surface area is 193 Å². The molecule has 0 fully saturated rings. The molecule has 2 atom stereocenters. The molecule has 2 unspecified atom stereocenters. The molecule has 0 aliphatic carbocycles. The van der Waals surface area contributed by atoms with E-state index in [2.05, 4.69) is 20.1 Å². The lowest BCUT2D eigenvalue weighted by Crippen LogP contribution is -2.28. The predicted octanol–water partition coefficient (Wildman–Crippen LogP) is 3.34. The quantitative estimate of drug-likeness (QED) is 0.408. The number of ether oxygens (including phenoxy) is 1. The summed E-state index contributed by atoms with van der Waals surface area (Å²) in [6, 6.07) is 16.4. The van der Waals surface area contributed by atoms with Crippen LogP contribution in [0.3, 0.4) is 0 Å². The van der Waals surface area contributed by atoms with E-state index in [0.29, 0.717) is 16.3 Å². The summed E-state index contributed by atoms with van der Waals surface area (Å²) in [4.78, 5) is 28.0. The van der Waals surface area contributed by atoms with Gasteiger partial charge in [0.1, 0.15) is 11.4 Å². The first-order valence-corrected chi connectivity index (χ1v) is 11.7. The van der Waals surface area contributed by atoms with Gasteiger partial charge in [-0.25, -0.2) is 0 Å². The second kappa shape index (κ2) is 9.41. The number of rotatable bonds is 7. The molecule has 0 spiro atoms. The van der Waals surface area contributed by atoms with Gasteiger partial charge in [-0.15, -0.1) is 0 Å². The zero-order valence-electron chi connectivity index (χ0n) is 18.5. The van der Waals surface area contributed by atoms with Gasteiger partial charge < -0.3 is 15.0 Å². The summed E-state index contributed by atoms with van der Waals surface area (Å²) in [5, 5.41) is 8.60. The highest BCUT2D eigenvalue weighted by Gasteiger charge is 2.19. The summed E-state index contributed by atoms with van der Waals surface area (Å²) in [5.41, 5.74) is 3.90. The van der Waals surface area contributed by atoms with Crippen LogP contribution in [-0.2, 0) is 27.4 Å². The number of nitrogens with one attached hydrogen (secondary N) is 2. The summed E-state index contributed by atoms with van der Waals surface area (Å²) in [6.07, 6.45) is 1.88. The van der Waals surface area contributed by atoms with Gasteiger partial charge in [-0.05, 0) is 36.8 Å². The largest absolute Gasteiger partial charge is 0.468 e. The average molecular weight is 465 g/mol. The third-order valence-electron chi connectivity index (χ3n) is 5.44. The maximum absolute atomic E-state index is 13.0. The van der Waals surface area contributed by atoms with Gasteiger partial charge in [0.15, 0.2) is 0 Å². The number of aromatic nitrogens is 3. The van der Waals surface area contributed by atoms with E-state index in [4.69, 9.17) is 0 Å². The minimum atomic E-state index is -1.48. The number of H-pyrrole nitrogens is 1. The van der Waals surface area contributed by atoms with E-state index in [1.54, 1.807) is 42.1 Å². The third-order valence-corrected chi connectivity index (χ3v) is 6.74. The first-order valence-electron chi connectivity index (χ1n) is 10.3. The Hall–Kier alpha value is -3.72. The number of carbonyl (C=O) groups excluding carboxylic acids is 2. The predicted molar refractivity (Wildman–Crippen MR) is 126 cm³/mol. The number of hydrogen-bond donors (Lipinski definition) is 2. The zero-order valence-corrected chi connectivity index (χ0v) is 19.3. The fraction of sp³-hybridized carbons (Fsp3) is 0.208. The van der Waals surface area contributed by atoms with Crippen LogP contribution in [0.5, 0.6) is 0 Å². The molecule has 170 valence electrons. The van der Waals surface area contributed by atoms with Crippen LogP contribution in [0.15, 0.2) is 65.7 Å². The molecule has 2 aromatic carbocycles. The Balaban J connectivity index is 1.48. The van der Waals surface area contributed by atoms with Gasteiger partial charge in [0.2, 0.25) is 0 Å². The van der Waals surface area contributed by atoms with Crippen LogP contribution in [0.2, 0.25) is 0 Å². The van der Waals surface area contributed by atoms with Crippen molar-refractivity contribution < 1.29 is 18.5 Å². The highest BCUT2D eigenvalue weighted by molar-refractivity contribution is 7.85. The van der Waals surface area contributed by atoms with Gasteiger partial charge in [0.25, 0.3) is 5.91 Å². The minimum absolute atomic E-state index is 0.193. The fourth-order valence-electron chi connectivity index (χ4n) is 3.62. The SMILES string of the molecule is COC(=O)CS(=O)c1ccc(C(C)NC(=O)c2cc(-c3cccc4cc[nH]c34)nn2C)cc1. The summed E-state index contributed by atoms with van der Waals surface area (Å²) in [5.74, 6) is -0.969. The van der Waals surface area contributed by atoms with E-state index in [0.717, 1.165) is 22.0 Å². The van der Waals surface area contributed by atoms with Gasteiger partial charge in [-0.2, -0.15) is 5.10 Å². The van der Waals surface area contributed by atoms with Gasteiger partial charge >= 0.3 is 5.97 Å². The fourth-order valence-corrected chi connectivity index (χ4v) is 4.56. The van der Waals surface area contributed by atoms with Crippen molar-refractivity contribution in [3.63, 3.8) is 0 Å². The number of benzene rings is 2. The number of hydrogen-bond acceptors (Lipinski definition) is 5. The average Bonchev–Trinajstić information content (AvgIpc) is 3.45. The zero-order chi connectivity index (χ0) is 23.5. The molecule has 33 heavy (non-hydrogen) atoms. The molecular weight excluding hydrogens is 440 g/mol. The molecule has 4 aromatic rings. The molecule has 0 bridgehead atoms. The van der Waals surface area contributed by atoms with Crippen molar-refractivity contribution in [1.82, 2.24) is 20.1 Å². The minimum Gasteiger partial charge on any atom is -0.468 e. The van der Waals surface area contributed by atoms with Crippen LogP contribution in [0.1, 0.15) is 29.0 Å². The summed E-state index contributed by atoms with van der Waals surface area (Å²) >= 11 is 0. The van der Waals surface area contributed by atoms with Crippen molar-refractivity contribution in [1.29, 1.82) is 0 Å². The van der Waals surface area contributed by atoms with E-state index >= 15 is 0 Å². The molecule has 2 aromatic heterocycles. The molecule has 1 amide bonds. The summed E-state index contributed by atoms with van der Waals surface area (Å²) in [6.45, 7) is 1.87. The van der Waals surface area contributed by atoms with Gasteiger partial charge in [-0.1, -0.05) is 30.3 Å². The first-order chi connectivity index (χ1) is 15.9. The monoisotopic (exact) mass is 464 g/mol. The van der Waals surface area contributed by atoms with E-state index in [1.165, 1.54) is 7.11 Å². The smallest absolute Gasteiger partial charge is 0.318 e. The van der Waals surface area contributed by atoms with Crippen molar-refractivity contribution in [3.05, 3.63) is 72.1 Å². The second-order valence-electron chi connectivity index (χ2n) is 7.62. The molecule has 0 saturated heterocycles. The lowest BCUT2D eigenvalue weighted by atomic mass is 10.1. The molecule has 0 aliphatic heterocycles. The molecule has 8 nitrogen and oxygen atoms in total. The van der Waals surface area contributed by atoms with Crippen molar-refractivity contribution >= 4 is 33.6 Å². The van der Waals surface area contributed by atoms with E-state index < -0.39 is 16.8 Å². The molecule has 9 heteroatoms. The number of aromatic amines is 1. The van der Waals surface area contributed by atoms with Crippen LogP contribution in [0, 0.1) is 0 Å². The number of amides is 1. The maximum atomic E-state index is 13.0. The van der Waals surface area contributed by atoms with Crippen molar-refractivity contribution in [2.75, 3.05) is 12.9 Å². The van der Waals surface area contributed by atoms with Gasteiger partial charge in [0.05, 0.1) is 35.2 Å². The number of carbonyl (C=O) groups is 2. The lowest BCUT2D eigenvalue weighted by molar-refractivity contribution is -0.137. The van der Waals surface area contributed by atoms with Crippen LogP contribution in [-0.4, -0.2) is 43.7 Å². The summed E-state index contributed by atoms with van der Waals surface area (Å²) in [7, 11) is 1.52. The molecule has 0 aliphatic rings. The van der Waals surface area contributed by atoms with Crippen LogP contribution >= 0.6 is 0 Å². The Bertz CT molecular complexity index is 1340. The van der Waals surface area contributed by atoms with Crippen LogP contribution in [0.4, 0.5) is 0 Å².